The fourth-order valence-corrected chi connectivity index (χ4v) is 3.47. The normalized spacial score (nSPS) is 11.3. The van der Waals surface area contributed by atoms with Gasteiger partial charge in [0.25, 0.3) is 10.0 Å². The quantitative estimate of drug-likeness (QED) is 0.815. The molecule has 0 unspecified atom stereocenters. The van der Waals surface area contributed by atoms with Crippen LogP contribution >= 0.6 is 34.8 Å². The van der Waals surface area contributed by atoms with Gasteiger partial charge in [-0.2, -0.15) is 0 Å². The molecule has 0 heterocycles. The molecule has 106 valence electrons. The average molecular weight is 353 g/mol. The van der Waals surface area contributed by atoms with E-state index in [1.54, 1.807) is 0 Å². The smallest absolute Gasteiger partial charge is 0.263 e. The van der Waals surface area contributed by atoms with Crippen LogP contribution in [0.2, 0.25) is 15.1 Å². The monoisotopic (exact) mass is 351 g/mol. The van der Waals surface area contributed by atoms with Gasteiger partial charge in [0.15, 0.2) is 0 Å². The molecule has 0 atom stereocenters. The maximum Gasteiger partial charge on any atom is 0.263 e. The summed E-state index contributed by atoms with van der Waals surface area (Å²) in [6.07, 6.45) is 0. The highest BCUT2D eigenvalue weighted by Crippen LogP contribution is 2.31. The van der Waals surface area contributed by atoms with Gasteiger partial charge in [-0.25, -0.2) is 8.42 Å². The van der Waals surface area contributed by atoms with Crippen molar-refractivity contribution in [3.63, 3.8) is 0 Å². The van der Waals surface area contributed by atoms with E-state index in [2.05, 4.69) is 4.72 Å². The number of hydrogen-bond acceptors (Lipinski definition) is 3. The lowest BCUT2D eigenvalue weighted by atomic mass is 10.3. The molecule has 8 heteroatoms. The van der Waals surface area contributed by atoms with Crippen LogP contribution in [0.4, 0.5) is 5.69 Å². The van der Waals surface area contributed by atoms with E-state index in [-0.39, 0.29) is 31.4 Å². The molecule has 0 aromatic heterocycles. The molecule has 2 aromatic rings. The molecule has 2 aromatic carbocycles. The first kappa shape index (κ1) is 15.3. The molecular formula is C12H8Cl3NO3S. The number of hydrogen-bond donors (Lipinski definition) is 2. The summed E-state index contributed by atoms with van der Waals surface area (Å²) in [5.41, 5.74) is -0.0476. The number of phenols is 1. The van der Waals surface area contributed by atoms with Crippen molar-refractivity contribution < 1.29 is 13.5 Å². The van der Waals surface area contributed by atoms with Gasteiger partial charge < -0.3 is 5.11 Å². The first-order chi connectivity index (χ1) is 9.29. The molecule has 20 heavy (non-hydrogen) atoms. The third kappa shape index (κ3) is 3.30. The Labute approximate surface area is 131 Å². The maximum atomic E-state index is 12.2. The van der Waals surface area contributed by atoms with Crippen molar-refractivity contribution in [2.75, 3.05) is 4.72 Å². The van der Waals surface area contributed by atoms with Crippen molar-refractivity contribution in [1.82, 2.24) is 0 Å². The first-order valence-corrected chi connectivity index (χ1v) is 7.88. The van der Waals surface area contributed by atoms with Crippen LogP contribution in [0, 0.1) is 0 Å². The minimum absolute atomic E-state index is 0.0171. The summed E-state index contributed by atoms with van der Waals surface area (Å²) < 4.78 is 26.7. The van der Waals surface area contributed by atoms with Crippen molar-refractivity contribution >= 4 is 50.5 Å². The SMILES string of the molecule is O=S(=O)(Nc1cc(Cl)ccc1O)c1cc(Cl)ccc1Cl. The van der Waals surface area contributed by atoms with Crippen LogP contribution in [0.5, 0.6) is 5.75 Å². The number of halogens is 3. The van der Waals surface area contributed by atoms with Gasteiger partial charge in [0.1, 0.15) is 10.6 Å². The predicted molar refractivity (Wildman–Crippen MR) is 80.4 cm³/mol. The Morgan fingerprint density at radius 3 is 2.25 bits per heavy atom. The van der Waals surface area contributed by atoms with Crippen LogP contribution in [0.25, 0.3) is 0 Å². The number of aromatic hydroxyl groups is 1. The molecule has 0 amide bonds. The van der Waals surface area contributed by atoms with Crippen LogP contribution < -0.4 is 4.72 Å². The highest BCUT2D eigenvalue weighted by Gasteiger charge is 2.20. The lowest BCUT2D eigenvalue weighted by Gasteiger charge is -2.11. The highest BCUT2D eigenvalue weighted by atomic mass is 35.5. The predicted octanol–water partition coefficient (Wildman–Crippen LogP) is 4.15. The van der Waals surface area contributed by atoms with Gasteiger partial charge in [-0.3, -0.25) is 4.72 Å². The Kier molecular flexibility index (Phi) is 4.34. The van der Waals surface area contributed by atoms with Crippen molar-refractivity contribution in [1.29, 1.82) is 0 Å². The summed E-state index contributed by atoms with van der Waals surface area (Å²) in [7, 11) is -3.99. The zero-order valence-corrected chi connectivity index (χ0v) is 12.9. The fourth-order valence-electron chi connectivity index (χ4n) is 1.47. The second-order valence-corrected chi connectivity index (χ2v) is 6.77. The molecule has 0 bridgehead atoms. The van der Waals surface area contributed by atoms with Gasteiger partial charge >= 0.3 is 0 Å². The average Bonchev–Trinajstić information content (AvgIpc) is 2.36. The number of anilines is 1. The molecular weight excluding hydrogens is 345 g/mol. The molecule has 0 radical (unpaired) electrons. The summed E-state index contributed by atoms with van der Waals surface area (Å²) in [5.74, 6) is -0.254. The molecule has 0 aliphatic carbocycles. The van der Waals surface area contributed by atoms with Crippen molar-refractivity contribution in [2.24, 2.45) is 0 Å². The fraction of sp³-hybridized carbons (Fsp3) is 0. The molecule has 0 saturated carbocycles. The summed E-state index contributed by atoms with van der Waals surface area (Å²) in [4.78, 5) is -0.189. The second kappa shape index (κ2) is 5.69. The number of sulfonamides is 1. The van der Waals surface area contributed by atoms with Crippen LogP contribution in [0.15, 0.2) is 41.3 Å². The standard InChI is InChI=1S/C12H8Cl3NO3S/c13-7-2-4-11(17)10(5-7)16-20(18,19)12-6-8(14)1-3-9(12)15/h1-6,16-17H. The van der Waals surface area contributed by atoms with E-state index in [0.29, 0.717) is 0 Å². The van der Waals surface area contributed by atoms with E-state index in [1.165, 1.54) is 36.4 Å². The Morgan fingerprint density at radius 2 is 1.55 bits per heavy atom. The van der Waals surface area contributed by atoms with Gasteiger partial charge in [-0.1, -0.05) is 34.8 Å². The highest BCUT2D eigenvalue weighted by molar-refractivity contribution is 7.92. The van der Waals surface area contributed by atoms with Crippen LogP contribution in [-0.4, -0.2) is 13.5 Å². The third-order valence-corrected chi connectivity index (χ3v) is 4.70. The topological polar surface area (TPSA) is 66.4 Å². The molecule has 0 spiro atoms. The van der Waals surface area contributed by atoms with Crippen LogP contribution in [0.3, 0.4) is 0 Å². The molecule has 4 nitrogen and oxygen atoms in total. The Balaban J connectivity index is 2.46. The second-order valence-electron chi connectivity index (χ2n) is 3.84. The van der Waals surface area contributed by atoms with Gasteiger partial charge in [-0.15, -0.1) is 0 Å². The van der Waals surface area contributed by atoms with Crippen molar-refractivity contribution in [3.05, 3.63) is 51.5 Å². The van der Waals surface area contributed by atoms with E-state index < -0.39 is 10.0 Å². The van der Waals surface area contributed by atoms with Gasteiger partial charge in [0.05, 0.1) is 10.7 Å². The molecule has 2 N–H and O–H groups in total. The van der Waals surface area contributed by atoms with Crippen LogP contribution in [-0.2, 0) is 10.0 Å². The number of rotatable bonds is 3. The Bertz CT molecular complexity index is 763. The lowest BCUT2D eigenvalue weighted by molar-refractivity contribution is 0.477. The van der Waals surface area contributed by atoms with Crippen LogP contribution in [0.1, 0.15) is 0 Å². The summed E-state index contributed by atoms with van der Waals surface area (Å²) in [6.45, 7) is 0. The van der Waals surface area contributed by atoms with E-state index >= 15 is 0 Å². The van der Waals surface area contributed by atoms with Gasteiger partial charge in [0, 0.05) is 10.0 Å². The molecule has 2 rings (SSSR count). The first-order valence-electron chi connectivity index (χ1n) is 5.26. The van der Waals surface area contributed by atoms with Crippen molar-refractivity contribution in [2.45, 2.75) is 4.90 Å². The zero-order chi connectivity index (χ0) is 14.9. The molecule has 0 saturated heterocycles. The summed E-state index contributed by atoms with van der Waals surface area (Å²) >= 11 is 17.4. The van der Waals surface area contributed by atoms with Crippen molar-refractivity contribution in [3.8, 4) is 5.75 Å². The summed E-state index contributed by atoms with van der Waals surface area (Å²) in [6, 6.07) is 8.05. The number of phenolic OH excluding ortho intramolecular Hbond substituents is 1. The molecule has 0 fully saturated rings. The molecule has 0 aliphatic heterocycles. The zero-order valence-electron chi connectivity index (χ0n) is 9.77. The van der Waals surface area contributed by atoms with E-state index in [0.717, 1.165) is 0 Å². The van der Waals surface area contributed by atoms with Gasteiger partial charge in [-0.05, 0) is 36.4 Å². The Hall–Kier alpha value is -1.14. The van der Waals surface area contributed by atoms with E-state index in [4.69, 9.17) is 34.8 Å². The number of benzene rings is 2. The van der Waals surface area contributed by atoms with E-state index in [9.17, 15) is 13.5 Å². The van der Waals surface area contributed by atoms with E-state index in [1.807, 2.05) is 0 Å². The molecule has 0 aliphatic rings. The largest absolute Gasteiger partial charge is 0.506 e. The summed E-state index contributed by atoms with van der Waals surface area (Å²) in [5, 5.41) is 10.1. The maximum absolute atomic E-state index is 12.2. The number of nitrogens with one attached hydrogen (secondary N) is 1. The minimum Gasteiger partial charge on any atom is -0.506 e. The lowest BCUT2D eigenvalue weighted by Crippen LogP contribution is -2.13. The Morgan fingerprint density at radius 1 is 0.950 bits per heavy atom. The van der Waals surface area contributed by atoms with Gasteiger partial charge in [0.2, 0.25) is 0 Å². The third-order valence-electron chi connectivity index (χ3n) is 2.39. The minimum atomic E-state index is -3.99.